The molecule has 0 aliphatic carbocycles. The average Bonchev–Trinajstić information content (AvgIpc) is 2.68. The molecule has 28 heavy (non-hydrogen) atoms. The second-order valence-corrected chi connectivity index (χ2v) is 6.21. The maximum Gasteiger partial charge on any atom is 0.343 e. The molecule has 0 N–H and O–H groups in total. The summed E-state index contributed by atoms with van der Waals surface area (Å²) in [5, 5.41) is 0.720. The zero-order chi connectivity index (χ0) is 20.1. The van der Waals surface area contributed by atoms with Crippen molar-refractivity contribution >= 4 is 22.9 Å². The summed E-state index contributed by atoms with van der Waals surface area (Å²) in [5.74, 6) is -0.571. The third-order valence-electron chi connectivity index (χ3n) is 4.36. The van der Waals surface area contributed by atoms with Crippen LogP contribution in [-0.2, 0) is 16.0 Å². The van der Waals surface area contributed by atoms with Crippen molar-refractivity contribution in [1.82, 2.24) is 0 Å². The van der Waals surface area contributed by atoms with E-state index in [1.807, 2.05) is 6.07 Å². The molecule has 0 spiro atoms. The van der Waals surface area contributed by atoms with E-state index in [-0.39, 0.29) is 24.6 Å². The summed E-state index contributed by atoms with van der Waals surface area (Å²) in [7, 11) is 0. The van der Waals surface area contributed by atoms with E-state index in [4.69, 9.17) is 13.9 Å². The van der Waals surface area contributed by atoms with Gasteiger partial charge >= 0.3 is 17.6 Å². The molecule has 0 aliphatic heterocycles. The molecule has 0 atom stereocenters. The number of benzene rings is 2. The van der Waals surface area contributed by atoms with Crippen molar-refractivity contribution in [3.8, 4) is 5.75 Å². The van der Waals surface area contributed by atoms with Crippen LogP contribution in [-0.4, -0.2) is 18.5 Å². The molecule has 3 rings (SSSR count). The van der Waals surface area contributed by atoms with Crippen LogP contribution in [0, 0.1) is 6.92 Å². The Morgan fingerprint density at radius 2 is 1.82 bits per heavy atom. The number of carbonyl (C=O) groups is 2. The van der Waals surface area contributed by atoms with Crippen LogP contribution in [0.25, 0.3) is 11.0 Å². The van der Waals surface area contributed by atoms with E-state index in [0.29, 0.717) is 23.3 Å². The van der Waals surface area contributed by atoms with Gasteiger partial charge in [-0.05, 0) is 50.1 Å². The lowest BCUT2D eigenvalue weighted by Gasteiger charge is -2.09. The molecule has 0 saturated carbocycles. The molecule has 6 nitrogen and oxygen atoms in total. The van der Waals surface area contributed by atoms with Crippen LogP contribution >= 0.6 is 0 Å². The van der Waals surface area contributed by atoms with E-state index in [1.165, 1.54) is 6.07 Å². The zero-order valence-electron chi connectivity index (χ0n) is 15.7. The zero-order valence-corrected chi connectivity index (χ0v) is 15.7. The van der Waals surface area contributed by atoms with Crippen molar-refractivity contribution in [3.05, 3.63) is 75.6 Å². The standard InChI is InChI=1S/C22H20O6/c1-3-26-20(23)12-11-18-14(2)17-10-9-16(13-19(17)28-22(18)25)27-21(24)15-7-5-4-6-8-15/h4-10,13H,3,11-12H2,1-2H3. The monoisotopic (exact) mass is 380 g/mol. The molecule has 1 aromatic heterocycles. The van der Waals surface area contributed by atoms with E-state index in [9.17, 15) is 14.4 Å². The quantitative estimate of drug-likeness (QED) is 0.367. The molecule has 6 heteroatoms. The predicted octanol–water partition coefficient (Wildman–Crippen LogP) is 3.82. The molecule has 0 fully saturated rings. The molecular weight excluding hydrogens is 360 g/mol. The third-order valence-corrected chi connectivity index (χ3v) is 4.36. The minimum atomic E-state index is -0.513. The molecule has 1 heterocycles. The third kappa shape index (κ3) is 4.28. The molecule has 0 amide bonds. The Morgan fingerprint density at radius 1 is 1.07 bits per heavy atom. The van der Waals surface area contributed by atoms with Gasteiger partial charge in [-0.2, -0.15) is 0 Å². The van der Waals surface area contributed by atoms with Gasteiger partial charge in [-0.25, -0.2) is 9.59 Å². The molecule has 0 aliphatic rings. The fourth-order valence-electron chi connectivity index (χ4n) is 2.93. The number of ether oxygens (including phenoxy) is 2. The van der Waals surface area contributed by atoms with Crippen LogP contribution in [0.1, 0.15) is 34.8 Å². The SMILES string of the molecule is CCOC(=O)CCc1c(C)c2ccc(OC(=O)c3ccccc3)cc2oc1=O. The van der Waals surface area contributed by atoms with Gasteiger partial charge in [-0.1, -0.05) is 18.2 Å². The van der Waals surface area contributed by atoms with Gasteiger partial charge in [0.25, 0.3) is 0 Å². The largest absolute Gasteiger partial charge is 0.466 e. The number of aryl methyl sites for hydroxylation is 1. The van der Waals surface area contributed by atoms with Gasteiger partial charge in [0, 0.05) is 23.4 Å². The summed E-state index contributed by atoms with van der Waals surface area (Å²) < 4.78 is 15.7. The number of fused-ring (bicyclic) bond motifs is 1. The van der Waals surface area contributed by atoms with Crippen molar-refractivity contribution in [2.75, 3.05) is 6.61 Å². The molecule has 0 radical (unpaired) electrons. The Kier molecular flexibility index (Phi) is 5.89. The first kappa shape index (κ1) is 19.4. The average molecular weight is 380 g/mol. The number of hydrogen-bond acceptors (Lipinski definition) is 6. The molecule has 2 aromatic carbocycles. The van der Waals surface area contributed by atoms with Gasteiger partial charge in [0.1, 0.15) is 11.3 Å². The summed E-state index contributed by atoms with van der Waals surface area (Å²) in [6.45, 7) is 3.83. The summed E-state index contributed by atoms with van der Waals surface area (Å²) in [6.07, 6.45) is 0.353. The lowest BCUT2D eigenvalue weighted by Crippen LogP contribution is -2.14. The Balaban J connectivity index is 1.85. The predicted molar refractivity (Wildman–Crippen MR) is 104 cm³/mol. The molecule has 0 unspecified atom stereocenters. The van der Waals surface area contributed by atoms with Crippen LogP contribution in [0.4, 0.5) is 0 Å². The highest BCUT2D eigenvalue weighted by Gasteiger charge is 2.15. The van der Waals surface area contributed by atoms with Crippen molar-refractivity contribution < 1.29 is 23.5 Å². The number of hydrogen-bond donors (Lipinski definition) is 0. The highest BCUT2D eigenvalue weighted by Crippen LogP contribution is 2.25. The summed E-state index contributed by atoms with van der Waals surface area (Å²) in [6, 6.07) is 13.5. The van der Waals surface area contributed by atoms with Crippen LogP contribution < -0.4 is 10.4 Å². The molecule has 3 aromatic rings. The molecule has 144 valence electrons. The van der Waals surface area contributed by atoms with Gasteiger partial charge in [0.2, 0.25) is 0 Å². The Hall–Kier alpha value is -3.41. The summed E-state index contributed by atoms with van der Waals surface area (Å²) in [4.78, 5) is 36.1. The fraction of sp³-hybridized carbons (Fsp3) is 0.227. The maximum atomic E-state index is 12.4. The first-order chi connectivity index (χ1) is 13.5. The topological polar surface area (TPSA) is 82.8 Å². The van der Waals surface area contributed by atoms with E-state index >= 15 is 0 Å². The molecule has 0 bridgehead atoms. The maximum absolute atomic E-state index is 12.4. The first-order valence-electron chi connectivity index (χ1n) is 8.98. The van der Waals surface area contributed by atoms with Crippen molar-refractivity contribution in [2.24, 2.45) is 0 Å². The van der Waals surface area contributed by atoms with Gasteiger partial charge in [0.05, 0.1) is 12.2 Å². The van der Waals surface area contributed by atoms with Crippen molar-refractivity contribution in [1.29, 1.82) is 0 Å². The van der Waals surface area contributed by atoms with Crippen LogP contribution in [0.3, 0.4) is 0 Å². The second-order valence-electron chi connectivity index (χ2n) is 6.21. The fourth-order valence-corrected chi connectivity index (χ4v) is 2.93. The summed E-state index contributed by atoms with van der Waals surface area (Å²) >= 11 is 0. The van der Waals surface area contributed by atoms with Crippen LogP contribution in [0.15, 0.2) is 57.7 Å². The van der Waals surface area contributed by atoms with E-state index < -0.39 is 11.6 Å². The minimum absolute atomic E-state index is 0.109. The molecular formula is C22H20O6. The normalized spacial score (nSPS) is 10.6. The Morgan fingerprint density at radius 3 is 2.54 bits per heavy atom. The Labute approximate surface area is 161 Å². The van der Waals surface area contributed by atoms with Gasteiger partial charge in [-0.3, -0.25) is 4.79 Å². The van der Waals surface area contributed by atoms with Crippen molar-refractivity contribution in [2.45, 2.75) is 26.7 Å². The lowest BCUT2D eigenvalue weighted by molar-refractivity contribution is -0.143. The van der Waals surface area contributed by atoms with E-state index in [2.05, 4.69) is 0 Å². The van der Waals surface area contributed by atoms with Crippen LogP contribution in [0.2, 0.25) is 0 Å². The first-order valence-corrected chi connectivity index (χ1v) is 8.98. The van der Waals surface area contributed by atoms with E-state index in [1.54, 1.807) is 50.2 Å². The molecule has 0 saturated heterocycles. The minimum Gasteiger partial charge on any atom is -0.466 e. The second kappa shape index (κ2) is 8.52. The highest BCUT2D eigenvalue weighted by molar-refractivity contribution is 5.91. The van der Waals surface area contributed by atoms with E-state index in [0.717, 1.165) is 10.9 Å². The van der Waals surface area contributed by atoms with Gasteiger partial charge in [0.15, 0.2) is 0 Å². The van der Waals surface area contributed by atoms with Gasteiger partial charge < -0.3 is 13.9 Å². The number of esters is 2. The van der Waals surface area contributed by atoms with Crippen molar-refractivity contribution in [3.63, 3.8) is 0 Å². The smallest absolute Gasteiger partial charge is 0.343 e. The summed E-state index contributed by atoms with van der Waals surface area (Å²) in [5.41, 5.74) is 1.40. The van der Waals surface area contributed by atoms with Gasteiger partial charge in [-0.15, -0.1) is 0 Å². The Bertz CT molecular complexity index is 1070. The number of carbonyl (C=O) groups excluding carboxylic acids is 2. The van der Waals surface area contributed by atoms with Crippen LogP contribution in [0.5, 0.6) is 5.75 Å². The highest BCUT2D eigenvalue weighted by atomic mass is 16.5. The lowest BCUT2D eigenvalue weighted by atomic mass is 10.0. The number of rotatable bonds is 6.